The van der Waals surface area contributed by atoms with Crippen molar-refractivity contribution in [3.63, 3.8) is 0 Å². The van der Waals surface area contributed by atoms with Gasteiger partial charge >= 0.3 is 0 Å². The maximum absolute atomic E-state index is 2.29. The molecule has 1 aliphatic rings. The summed E-state index contributed by atoms with van der Waals surface area (Å²) in [7, 11) is 0. The monoisotopic (exact) mass is 242 g/mol. The van der Waals surface area contributed by atoms with Crippen molar-refractivity contribution >= 4 is 22.9 Å². The highest BCUT2D eigenvalue weighted by atomic mass is 14.1. The second-order valence-corrected chi connectivity index (χ2v) is 5.45. The number of hydrogen-bond donors (Lipinski definition) is 0. The van der Waals surface area contributed by atoms with Crippen LogP contribution in [0.5, 0.6) is 0 Å². The van der Waals surface area contributed by atoms with Gasteiger partial charge in [0.05, 0.1) is 0 Å². The Bertz CT molecular complexity index is 690. The molecule has 19 heavy (non-hydrogen) atoms. The van der Waals surface area contributed by atoms with Crippen LogP contribution in [0.3, 0.4) is 0 Å². The van der Waals surface area contributed by atoms with Crippen LogP contribution in [0.2, 0.25) is 0 Å². The minimum atomic E-state index is 0.627. The fourth-order valence-corrected chi connectivity index (χ4v) is 3.41. The SMILES string of the molecule is c1ccc(B2Cc3cccc4cccc(c34)C2)cc1. The molecule has 0 fully saturated rings. The Labute approximate surface area is 114 Å². The number of rotatable bonds is 1. The Morgan fingerprint density at radius 2 is 1.26 bits per heavy atom. The van der Waals surface area contributed by atoms with E-state index in [1.807, 2.05) is 0 Å². The highest BCUT2D eigenvalue weighted by molar-refractivity contribution is 6.73. The Morgan fingerprint density at radius 1 is 0.632 bits per heavy atom. The molecule has 90 valence electrons. The summed E-state index contributed by atoms with van der Waals surface area (Å²) < 4.78 is 0. The van der Waals surface area contributed by atoms with E-state index in [2.05, 4.69) is 66.7 Å². The van der Waals surface area contributed by atoms with E-state index in [9.17, 15) is 0 Å². The van der Waals surface area contributed by atoms with Crippen LogP contribution in [0.15, 0.2) is 66.7 Å². The first-order chi connectivity index (χ1) is 9.42. The zero-order valence-corrected chi connectivity index (χ0v) is 10.8. The fraction of sp³-hybridized carbons (Fsp3) is 0.111. The van der Waals surface area contributed by atoms with Crippen molar-refractivity contribution in [1.82, 2.24) is 0 Å². The summed E-state index contributed by atoms with van der Waals surface area (Å²) in [6.07, 6.45) is 2.33. The normalized spacial score (nSPS) is 13.8. The highest BCUT2D eigenvalue weighted by Gasteiger charge is 2.24. The summed E-state index contributed by atoms with van der Waals surface area (Å²) in [6, 6.07) is 24.3. The van der Waals surface area contributed by atoms with E-state index in [0.717, 1.165) is 0 Å². The summed E-state index contributed by atoms with van der Waals surface area (Å²) in [5.41, 5.74) is 4.48. The van der Waals surface area contributed by atoms with Crippen LogP contribution in [0.1, 0.15) is 11.1 Å². The molecular weight excluding hydrogens is 227 g/mol. The molecule has 0 amide bonds. The van der Waals surface area contributed by atoms with Gasteiger partial charge in [0.2, 0.25) is 0 Å². The Morgan fingerprint density at radius 3 is 1.89 bits per heavy atom. The molecule has 0 saturated carbocycles. The molecule has 3 aromatic carbocycles. The molecular formula is C18H15B. The second kappa shape index (κ2) is 4.27. The lowest BCUT2D eigenvalue weighted by Gasteiger charge is -2.23. The zero-order valence-electron chi connectivity index (χ0n) is 10.8. The Hall–Kier alpha value is -2.02. The van der Waals surface area contributed by atoms with Crippen LogP contribution in [0.25, 0.3) is 10.8 Å². The Kier molecular flexibility index (Phi) is 2.44. The van der Waals surface area contributed by atoms with E-state index in [4.69, 9.17) is 0 Å². The minimum Gasteiger partial charge on any atom is -0.0794 e. The van der Waals surface area contributed by atoms with Crippen LogP contribution in [-0.2, 0) is 12.6 Å². The van der Waals surface area contributed by atoms with Crippen molar-refractivity contribution in [2.75, 3.05) is 0 Å². The van der Waals surface area contributed by atoms with Gasteiger partial charge in [-0.15, -0.1) is 0 Å². The van der Waals surface area contributed by atoms with E-state index < -0.39 is 0 Å². The predicted molar refractivity (Wildman–Crippen MR) is 83.2 cm³/mol. The van der Waals surface area contributed by atoms with Crippen molar-refractivity contribution in [2.24, 2.45) is 0 Å². The standard InChI is InChI=1S/C18H15B/c1-2-10-17(11-3-1)19-12-15-8-4-6-14-7-5-9-16(13-19)18(14)15/h1-11H,12-13H2. The van der Waals surface area contributed by atoms with E-state index in [-0.39, 0.29) is 0 Å². The van der Waals surface area contributed by atoms with Crippen LogP contribution < -0.4 is 5.46 Å². The molecule has 1 heteroatoms. The molecule has 4 rings (SSSR count). The van der Waals surface area contributed by atoms with Gasteiger partial charge in [-0.25, -0.2) is 0 Å². The molecule has 0 aliphatic carbocycles. The molecule has 3 aromatic rings. The van der Waals surface area contributed by atoms with Crippen LogP contribution in [0, 0.1) is 0 Å². The van der Waals surface area contributed by atoms with Gasteiger partial charge < -0.3 is 0 Å². The third kappa shape index (κ3) is 1.77. The van der Waals surface area contributed by atoms with Gasteiger partial charge in [-0.1, -0.05) is 72.2 Å². The van der Waals surface area contributed by atoms with Crippen molar-refractivity contribution in [1.29, 1.82) is 0 Å². The highest BCUT2D eigenvalue weighted by Crippen LogP contribution is 2.29. The van der Waals surface area contributed by atoms with Crippen LogP contribution >= 0.6 is 0 Å². The van der Waals surface area contributed by atoms with Crippen molar-refractivity contribution in [2.45, 2.75) is 12.6 Å². The van der Waals surface area contributed by atoms with Gasteiger partial charge in [-0.2, -0.15) is 0 Å². The summed E-state index contributed by atoms with van der Waals surface area (Å²) in [4.78, 5) is 0. The zero-order chi connectivity index (χ0) is 12.7. The van der Waals surface area contributed by atoms with Crippen molar-refractivity contribution < 1.29 is 0 Å². The smallest absolute Gasteiger partial charge is 0.0794 e. The molecule has 0 bridgehead atoms. The van der Waals surface area contributed by atoms with E-state index in [1.165, 1.54) is 40.0 Å². The summed E-state index contributed by atoms with van der Waals surface area (Å²) in [5.74, 6) is 0. The minimum absolute atomic E-state index is 0.627. The molecule has 1 aliphatic heterocycles. The lowest BCUT2D eigenvalue weighted by atomic mass is 9.37. The third-order valence-corrected chi connectivity index (χ3v) is 4.28. The molecule has 0 spiro atoms. The molecule has 0 nitrogen and oxygen atoms in total. The maximum atomic E-state index is 2.29. The molecule has 1 heterocycles. The van der Waals surface area contributed by atoms with Crippen LogP contribution in [-0.4, -0.2) is 6.71 Å². The quantitative estimate of drug-likeness (QED) is 0.573. The van der Waals surface area contributed by atoms with Gasteiger partial charge in [0, 0.05) is 0 Å². The molecule has 0 radical (unpaired) electrons. The van der Waals surface area contributed by atoms with Gasteiger partial charge in [0.25, 0.3) is 0 Å². The third-order valence-electron chi connectivity index (χ3n) is 4.28. The first-order valence-electron chi connectivity index (χ1n) is 6.96. The van der Waals surface area contributed by atoms with E-state index in [1.54, 1.807) is 0 Å². The average Bonchev–Trinajstić information content (AvgIpc) is 2.49. The number of benzene rings is 3. The average molecular weight is 242 g/mol. The fourth-order valence-electron chi connectivity index (χ4n) is 3.41. The van der Waals surface area contributed by atoms with Gasteiger partial charge in [-0.3, -0.25) is 0 Å². The first-order valence-corrected chi connectivity index (χ1v) is 6.96. The number of hydrogen-bond acceptors (Lipinski definition) is 0. The molecule has 0 atom stereocenters. The van der Waals surface area contributed by atoms with E-state index >= 15 is 0 Å². The predicted octanol–water partition coefficient (Wildman–Crippen LogP) is 3.42. The van der Waals surface area contributed by atoms with Gasteiger partial charge in [-0.05, 0) is 34.5 Å². The lowest BCUT2D eigenvalue weighted by Crippen LogP contribution is -2.37. The van der Waals surface area contributed by atoms with Crippen LogP contribution in [0.4, 0.5) is 0 Å². The van der Waals surface area contributed by atoms with Gasteiger partial charge in [0.15, 0.2) is 6.71 Å². The first kappa shape index (κ1) is 10.9. The molecule has 0 saturated heterocycles. The molecule has 0 N–H and O–H groups in total. The summed E-state index contributed by atoms with van der Waals surface area (Å²) in [6.45, 7) is 0.627. The largest absolute Gasteiger partial charge is 0.184 e. The maximum Gasteiger partial charge on any atom is 0.184 e. The van der Waals surface area contributed by atoms with Crippen molar-refractivity contribution in [3.8, 4) is 0 Å². The second-order valence-electron chi connectivity index (χ2n) is 5.45. The van der Waals surface area contributed by atoms with E-state index in [0.29, 0.717) is 6.71 Å². The Balaban J connectivity index is 1.85. The van der Waals surface area contributed by atoms with Crippen molar-refractivity contribution in [3.05, 3.63) is 77.9 Å². The molecule has 0 aromatic heterocycles. The molecule has 0 unspecified atom stereocenters. The summed E-state index contributed by atoms with van der Waals surface area (Å²) >= 11 is 0. The topological polar surface area (TPSA) is 0 Å². The van der Waals surface area contributed by atoms with Gasteiger partial charge in [0.1, 0.15) is 0 Å². The lowest BCUT2D eigenvalue weighted by molar-refractivity contribution is 1.25. The summed E-state index contributed by atoms with van der Waals surface area (Å²) in [5, 5.41) is 2.89.